The van der Waals surface area contributed by atoms with Gasteiger partial charge in [-0.3, -0.25) is 0 Å². The van der Waals surface area contributed by atoms with Crippen molar-refractivity contribution in [1.29, 1.82) is 0 Å². The van der Waals surface area contributed by atoms with Gasteiger partial charge in [-0.15, -0.1) is 0 Å². The maximum Gasteiger partial charge on any atom is 0.0287 e. The van der Waals surface area contributed by atoms with E-state index >= 15 is 0 Å². The normalized spacial score (nSPS) is 16.9. The third kappa shape index (κ3) is 6.78. The summed E-state index contributed by atoms with van der Waals surface area (Å²) >= 11 is 0. The highest BCUT2D eigenvalue weighted by atomic mass is 14.9. The predicted molar refractivity (Wildman–Crippen MR) is 69.7 cm³/mol. The standard InChI is InChI=1S/C14H23N/c1-6-8-12(3)10-11-15-14(5)13(4)9-7-2/h6-11,13-15H,1H2,2-5H3/b9-7-,11-10-,12-8+. The monoisotopic (exact) mass is 205 g/mol. The molecular weight excluding hydrogens is 182 g/mol. The number of allylic oxidation sites excluding steroid dienone is 5. The molecule has 0 bridgehead atoms. The average Bonchev–Trinajstić information content (AvgIpc) is 2.18. The molecule has 0 aromatic rings. The first-order valence-electron chi connectivity index (χ1n) is 5.46. The molecular formula is C14H23N. The van der Waals surface area contributed by atoms with Crippen LogP contribution >= 0.6 is 0 Å². The van der Waals surface area contributed by atoms with Gasteiger partial charge < -0.3 is 5.32 Å². The van der Waals surface area contributed by atoms with Crippen molar-refractivity contribution >= 4 is 0 Å². The zero-order valence-corrected chi connectivity index (χ0v) is 10.3. The van der Waals surface area contributed by atoms with Crippen molar-refractivity contribution in [2.75, 3.05) is 0 Å². The van der Waals surface area contributed by atoms with E-state index in [1.165, 1.54) is 5.57 Å². The van der Waals surface area contributed by atoms with Crippen molar-refractivity contribution in [1.82, 2.24) is 5.32 Å². The summed E-state index contributed by atoms with van der Waals surface area (Å²) in [6, 6.07) is 0.453. The summed E-state index contributed by atoms with van der Waals surface area (Å²) in [5, 5.41) is 3.35. The highest BCUT2D eigenvalue weighted by Gasteiger charge is 2.04. The minimum Gasteiger partial charge on any atom is -0.388 e. The summed E-state index contributed by atoms with van der Waals surface area (Å²) in [5.74, 6) is 0.545. The molecule has 0 aliphatic rings. The fraction of sp³-hybridized carbons (Fsp3) is 0.429. The summed E-state index contributed by atoms with van der Waals surface area (Å²) in [5.41, 5.74) is 1.20. The molecule has 0 aromatic carbocycles. The molecule has 0 rings (SSSR count). The SMILES string of the molecule is C=C/C=C(C)/C=C\NC(C)C(C)/C=C\C. The fourth-order valence-corrected chi connectivity index (χ4v) is 1.19. The van der Waals surface area contributed by atoms with Gasteiger partial charge in [0.25, 0.3) is 0 Å². The second-order valence-electron chi connectivity index (χ2n) is 3.82. The van der Waals surface area contributed by atoms with E-state index in [-0.39, 0.29) is 0 Å². The first kappa shape index (κ1) is 13.8. The Kier molecular flexibility index (Phi) is 7.43. The summed E-state index contributed by atoms with van der Waals surface area (Å²) < 4.78 is 0. The molecule has 0 spiro atoms. The molecule has 84 valence electrons. The van der Waals surface area contributed by atoms with Crippen molar-refractivity contribution in [3.63, 3.8) is 0 Å². The number of hydrogen-bond acceptors (Lipinski definition) is 1. The van der Waals surface area contributed by atoms with Crippen molar-refractivity contribution < 1.29 is 0 Å². The van der Waals surface area contributed by atoms with Gasteiger partial charge in [0.05, 0.1) is 0 Å². The quantitative estimate of drug-likeness (QED) is 0.513. The van der Waals surface area contributed by atoms with E-state index in [0.29, 0.717) is 12.0 Å². The van der Waals surface area contributed by atoms with Gasteiger partial charge in [0.15, 0.2) is 0 Å². The molecule has 1 nitrogen and oxygen atoms in total. The van der Waals surface area contributed by atoms with Gasteiger partial charge in [-0.25, -0.2) is 0 Å². The Bertz CT molecular complexity index is 259. The lowest BCUT2D eigenvalue weighted by atomic mass is 10.0. The molecule has 0 saturated carbocycles. The Hall–Kier alpha value is -1.24. The van der Waals surface area contributed by atoms with Crippen LogP contribution in [0.4, 0.5) is 0 Å². The van der Waals surface area contributed by atoms with E-state index in [4.69, 9.17) is 0 Å². The zero-order valence-electron chi connectivity index (χ0n) is 10.3. The van der Waals surface area contributed by atoms with Crippen LogP contribution in [0, 0.1) is 5.92 Å². The Balaban J connectivity index is 4.04. The summed E-state index contributed by atoms with van der Waals surface area (Å²) in [4.78, 5) is 0. The molecule has 1 N–H and O–H groups in total. The number of rotatable bonds is 6. The Labute approximate surface area is 94.3 Å². The van der Waals surface area contributed by atoms with E-state index < -0.39 is 0 Å². The minimum absolute atomic E-state index is 0.453. The molecule has 0 aromatic heterocycles. The second-order valence-corrected chi connectivity index (χ2v) is 3.82. The lowest BCUT2D eigenvalue weighted by molar-refractivity contribution is 0.516. The van der Waals surface area contributed by atoms with Crippen LogP contribution in [-0.4, -0.2) is 6.04 Å². The van der Waals surface area contributed by atoms with Crippen LogP contribution in [0.3, 0.4) is 0 Å². The average molecular weight is 205 g/mol. The topological polar surface area (TPSA) is 12.0 Å². The Morgan fingerprint density at radius 1 is 1.33 bits per heavy atom. The van der Waals surface area contributed by atoms with E-state index in [9.17, 15) is 0 Å². The van der Waals surface area contributed by atoms with Crippen molar-refractivity contribution in [3.05, 3.63) is 48.7 Å². The number of hydrogen-bond donors (Lipinski definition) is 1. The highest BCUT2D eigenvalue weighted by molar-refractivity contribution is 5.20. The van der Waals surface area contributed by atoms with Crippen LogP contribution in [0.1, 0.15) is 27.7 Å². The molecule has 0 saturated heterocycles. The predicted octanol–water partition coefficient (Wildman–Crippen LogP) is 3.82. The van der Waals surface area contributed by atoms with Gasteiger partial charge in [0.1, 0.15) is 0 Å². The van der Waals surface area contributed by atoms with Gasteiger partial charge in [-0.1, -0.05) is 37.8 Å². The molecule has 15 heavy (non-hydrogen) atoms. The van der Waals surface area contributed by atoms with E-state index in [0.717, 1.165) is 0 Å². The van der Waals surface area contributed by atoms with E-state index in [2.05, 4.69) is 57.8 Å². The molecule has 0 heterocycles. The first-order valence-corrected chi connectivity index (χ1v) is 5.46. The van der Waals surface area contributed by atoms with Crippen LogP contribution < -0.4 is 5.32 Å². The smallest absolute Gasteiger partial charge is 0.0287 e. The van der Waals surface area contributed by atoms with Crippen LogP contribution in [-0.2, 0) is 0 Å². The Morgan fingerprint density at radius 3 is 2.53 bits per heavy atom. The maximum atomic E-state index is 3.66. The number of nitrogens with one attached hydrogen (secondary N) is 1. The van der Waals surface area contributed by atoms with Crippen LogP contribution in [0.25, 0.3) is 0 Å². The lowest BCUT2D eigenvalue weighted by Gasteiger charge is -2.16. The van der Waals surface area contributed by atoms with E-state index in [1.807, 2.05) is 12.3 Å². The van der Waals surface area contributed by atoms with Gasteiger partial charge >= 0.3 is 0 Å². The van der Waals surface area contributed by atoms with E-state index in [1.54, 1.807) is 6.08 Å². The first-order chi connectivity index (χ1) is 7.11. The summed E-state index contributed by atoms with van der Waals surface area (Å²) in [6.07, 6.45) is 12.1. The summed E-state index contributed by atoms with van der Waals surface area (Å²) in [6.45, 7) is 12.2. The van der Waals surface area contributed by atoms with Gasteiger partial charge in [-0.2, -0.15) is 0 Å². The molecule has 0 radical (unpaired) electrons. The van der Waals surface area contributed by atoms with Crippen LogP contribution in [0.5, 0.6) is 0 Å². The third-order valence-corrected chi connectivity index (χ3v) is 2.37. The Morgan fingerprint density at radius 2 is 2.00 bits per heavy atom. The van der Waals surface area contributed by atoms with Gasteiger partial charge in [0.2, 0.25) is 0 Å². The van der Waals surface area contributed by atoms with Crippen molar-refractivity contribution in [3.8, 4) is 0 Å². The molecule has 0 aliphatic carbocycles. The summed E-state index contributed by atoms with van der Waals surface area (Å²) in [7, 11) is 0. The minimum atomic E-state index is 0.453. The molecule has 0 fully saturated rings. The second kappa shape index (κ2) is 8.10. The van der Waals surface area contributed by atoms with Gasteiger partial charge in [0, 0.05) is 6.04 Å². The fourth-order valence-electron chi connectivity index (χ4n) is 1.19. The van der Waals surface area contributed by atoms with Crippen LogP contribution in [0.2, 0.25) is 0 Å². The van der Waals surface area contributed by atoms with Crippen molar-refractivity contribution in [2.45, 2.75) is 33.7 Å². The maximum absolute atomic E-state index is 3.66. The highest BCUT2D eigenvalue weighted by Crippen LogP contribution is 2.04. The molecule has 0 aliphatic heterocycles. The molecule has 1 heteroatoms. The largest absolute Gasteiger partial charge is 0.388 e. The lowest BCUT2D eigenvalue weighted by Crippen LogP contribution is -2.26. The van der Waals surface area contributed by atoms with Crippen LogP contribution in [0.15, 0.2) is 48.7 Å². The zero-order chi connectivity index (χ0) is 11.7. The van der Waals surface area contributed by atoms with Crippen molar-refractivity contribution in [2.24, 2.45) is 5.92 Å². The molecule has 2 unspecified atom stereocenters. The molecule has 2 atom stereocenters. The molecule has 0 amide bonds. The van der Waals surface area contributed by atoms with Gasteiger partial charge in [-0.05, 0) is 44.5 Å². The third-order valence-electron chi connectivity index (χ3n) is 2.37.